The van der Waals surface area contributed by atoms with E-state index in [0.717, 1.165) is 12.5 Å². The Morgan fingerprint density at radius 3 is 2.65 bits per heavy atom. The highest BCUT2D eigenvalue weighted by atomic mass is 32.2. The van der Waals surface area contributed by atoms with Gasteiger partial charge in [0.1, 0.15) is 0 Å². The molecule has 0 unspecified atom stereocenters. The molecule has 134 valence electrons. The second kappa shape index (κ2) is 7.83. The first-order valence-corrected chi connectivity index (χ1v) is 10.4. The summed E-state index contributed by atoms with van der Waals surface area (Å²) < 4.78 is 29.4. The van der Waals surface area contributed by atoms with Crippen molar-refractivity contribution in [2.24, 2.45) is 4.99 Å². The van der Waals surface area contributed by atoms with Crippen molar-refractivity contribution in [1.29, 1.82) is 0 Å². The quantitative estimate of drug-likeness (QED) is 0.463. The molecule has 0 atom stereocenters. The van der Waals surface area contributed by atoms with Crippen molar-refractivity contribution in [2.45, 2.75) is 57.3 Å². The highest BCUT2D eigenvalue weighted by molar-refractivity contribution is 7.92. The number of guanidine groups is 1. The topological polar surface area (TPSA) is 71.0 Å². The molecule has 1 N–H and O–H groups in total. The zero-order valence-electron chi connectivity index (χ0n) is 14.7. The van der Waals surface area contributed by atoms with E-state index in [0.29, 0.717) is 32.3 Å². The number of aliphatic imine (C=N–C) groups is 1. The fraction of sp³-hybridized carbons (Fsp3) is 0.938. The van der Waals surface area contributed by atoms with E-state index in [9.17, 15) is 8.42 Å². The second-order valence-electron chi connectivity index (χ2n) is 7.01. The van der Waals surface area contributed by atoms with E-state index in [1.165, 1.54) is 25.7 Å². The summed E-state index contributed by atoms with van der Waals surface area (Å²) in [5.41, 5.74) is 0. The maximum atomic E-state index is 12.1. The first-order valence-electron chi connectivity index (χ1n) is 8.73. The van der Waals surface area contributed by atoms with Crippen molar-refractivity contribution in [2.75, 3.05) is 38.5 Å². The molecular formula is C16H31N3O3S. The monoisotopic (exact) mass is 345 g/mol. The van der Waals surface area contributed by atoms with Crippen molar-refractivity contribution in [3.8, 4) is 0 Å². The van der Waals surface area contributed by atoms with Crippen LogP contribution in [0.25, 0.3) is 0 Å². The summed E-state index contributed by atoms with van der Waals surface area (Å²) in [5.74, 6) is 0.980. The van der Waals surface area contributed by atoms with Gasteiger partial charge in [-0.1, -0.05) is 12.8 Å². The van der Waals surface area contributed by atoms with Crippen LogP contribution in [0.3, 0.4) is 0 Å². The first-order chi connectivity index (χ1) is 10.9. The molecule has 0 aromatic heterocycles. The molecule has 7 heteroatoms. The summed E-state index contributed by atoms with van der Waals surface area (Å²) in [7, 11) is -3.03. The number of nitrogens with zero attached hydrogens (tertiary/aromatic N) is 2. The number of sulfone groups is 1. The van der Waals surface area contributed by atoms with Crippen LogP contribution in [-0.4, -0.2) is 68.7 Å². The Labute approximate surface area is 140 Å². The van der Waals surface area contributed by atoms with Crippen molar-refractivity contribution in [3.63, 3.8) is 0 Å². The van der Waals surface area contributed by atoms with Crippen LogP contribution in [0.2, 0.25) is 0 Å². The number of hydrogen-bond donors (Lipinski definition) is 1. The number of hydrogen-bond acceptors (Lipinski definition) is 4. The summed E-state index contributed by atoms with van der Waals surface area (Å²) in [5, 5.41) is 3.27. The zero-order chi connectivity index (χ0) is 16.9. The predicted molar refractivity (Wildman–Crippen MR) is 93.6 cm³/mol. The highest BCUT2D eigenvalue weighted by Crippen LogP contribution is 2.24. The lowest BCUT2D eigenvalue weighted by Gasteiger charge is -2.39. The van der Waals surface area contributed by atoms with Crippen LogP contribution in [-0.2, 0) is 14.6 Å². The smallest absolute Gasteiger partial charge is 0.194 e. The first kappa shape index (κ1) is 18.5. The molecule has 0 aromatic carbocycles. The van der Waals surface area contributed by atoms with E-state index in [-0.39, 0.29) is 5.75 Å². The summed E-state index contributed by atoms with van der Waals surface area (Å²) in [6.45, 7) is 8.61. The largest absolute Gasteiger partial charge is 0.376 e. The molecule has 1 aliphatic heterocycles. The number of ether oxygens (including phenoxy) is 1. The van der Waals surface area contributed by atoms with Crippen molar-refractivity contribution in [1.82, 2.24) is 10.2 Å². The number of rotatable bonds is 5. The Morgan fingerprint density at radius 1 is 1.35 bits per heavy atom. The molecule has 6 nitrogen and oxygen atoms in total. The second-order valence-corrected chi connectivity index (χ2v) is 9.76. The van der Waals surface area contributed by atoms with Gasteiger partial charge in [-0.2, -0.15) is 0 Å². The third-order valence-corrected chi connectivity index (χ3v) is 7.22. The van der Waals surface area contributed by atoms with E-state index in [2.05, 4.69) is 15.2 Å². The SMILES string of the molecule is CCNC(=NCCOC1CCCC1)N1CCS(=O)(=O)C(C)(C)C1. The van der Waals surface area contributed by atoms with Gasteiger partial charge in [0, 0.05) is 19.6 Å². The van der Waals surface area contributed by atoms with Gasteiger partial charge in [0.05, 0.1) is 29.8 Å². The molecule has 2 rings (SSSR count). The third-order valence-electron chi connectivity index (χ3n) is 4.69. The van der Waals surface area contributed by atoms with Gasteiger partial charge >= 0.3 is 0 Å². The lowest BCUT2D eigenvalue weighted by atomic mass is 10.2. The molecule has 1 saturated heterocycles. The van der Waals surface area contributed by atoms with E-state index in [1.54, 1.807) is 13.8 Å². The van der Waals surface area contributed by atoms with Gasteiger partial charge in [-0.15, -0.1) is 0 Å². The fourth-order valence-corrected chi connectivity index (χ4v) is 4.54. The Morgan fingerprint density at radius 2 is 2.04 bits per heavy atom. The van der Waals surface area contributed by atoms with Crippen LogP contribution >= 0.6 is 0 Å². The van der Waals surface area contributed by atoms with Gasteiger partial charge in [0.15, 0.2) is 15.8 Å². The summed E-state index contributed by atoms with van der Waals surface area (Å²) in [6, 6.07) is 0. The van der Waals surface area contributed by atoms with Crippen LogP contribution in [0.1, 0.15) is 46.5 Å². The Hall–Kier alpha value is -0.820. The van der Waals surface area contributed by atoms with Gasteiger partial charge in [-0.3, -0.25) is 4.99 Å². The van der Waals surface area contributed by atoms with Gasteiger partial charge in [-0.25, -0.2) is 8.42 Å². The molecule has 2 fully saturated rings. The van der Waals surface area contributed by atoms with E-state index in [1.807, 2.05) is 6.92 Å². The summed E-state index contributed by atoms with van der Waals surface area (Å²) >= 11 is 0. The van der Waals surface area contributed by atoms with Crippen LogP contribution in [0.5, 0.6) is 0 Å². The van der Waals surface area contributed by atoms with Crippen LogP contribution in [0.15, 0.2) is 4.99 Å². The molecule has 0 spiro atoms. The number of nitrogens with one attached hydrogen (secondary N) is 1. The molecule has 0 aromatic rings. The molecule has 0 radical (unpaired) electrons. The Balaban J connectivity index is 1.90. The average Bonchev–Trinajstić information content (AvgIpc) is 2.98. The van der Waals surface area contributed by atoms with Gasteiger partial charge in [0.2, 0.25) is 0 Å². The Kier molecular flexibility index (Phi) is 6.31. The standard InChI is InChI=1S/C16H31N3O3S/c1-4-17-15(18-9-11-22-14-7-5-6-8-14)19-10-12-23(20,21)16(2,3)13-19/h14H,4-13H2,1-3H3,(H,17,18). The average molecular weight is 346 g/mol. The lowest BCUT2D eigenvalue weighted by molar-refractivity contribution is 0.0642. The summed E-state index contributed by atoms with van der Waals surface area (Å²) in [4.78, 5) is 6.68. The van der Waals surface area contributed by atoms with E-state index >= 15 is 0 Å². The Bertz CT molecular complexity index is 511. The molecule has 1 aliphatic carbocycles. The molecule has 2 aliphatic rings. The maximum Gasteiger partial charge on any atom is 0.194 e. The normalized spacial score (nSPS) is 24.8. The molecule has 23 heavy (non-hydrogen) atoms. The minimum Gasteiger partial charge on any atom is -0.376 e. The molecule has 0 amide bonds. The highest BCUT2D eigenvalue weighted by Gasteiger charge is 2.40. The minimum absolute atomic E-state index is 0.184. The summed E-state index contributed by atoms with van der Waals surface area (Å²) in [6.07, 6.45) is 5.29. The molecule has 1 saturated carbocycles. The fourth-order valence-electron chi connectivity index (χ4n) is 3.18. The van der Waals surface area contributed by atoms with Gasteiger partial charge in [-0.05, 0) is 33.6 Å². The van der Waals surface area contributed by atoms with Crippen LogP contribution in [0.4, 0.5) is 0 Å². The van der Waals surface area contributed by atoms with Crippen LogP contribution < -0.4 is 5.32 Å². The lowest BCUT2D eigenvalue weighted by Crippen LogP contribution is -2.57. The van der Waals surface area contributed by atoms with Crippen molar-refractivity contribution in [3.05, 3.63) is 0 Å². The van der Waals surface area contributed by atoms with E-state index < -0.39 is 14.6 Å². The molecular weight excluding hydrogens is 314 g/mol. The zero-order valence-corrected chi connectivity index (χ0v) is 15.5. The van der Waals surface area contributed by atoms with E-state index in [4.69, 9.17) is 4.74 Å². The van der Waals surface area contributed by atoms with Crippen LogP contribution in [0, 0.1) is 0 Å². The van der Waals surface area contributed by atoms with Crippen molar-refractivity contribution < 1.29 is 13.2 Å². The predicted octanol–water partition coefficient (Wildman–Crippen LogP) is 1.42. The molecule has 0 bridgehead atoms. The molecule has 1 heterocycles. The minimum atomic E-state index is -3.03. The van der Waals surface area contributed by atoms with Gasteiger partial charge in [0.25, 0.3) is 0 Å². The maximum absolute atomic E-state index is 12.1. The van der Waals surface area contributed by atoms with Gasteiger partial charge < -0.3 is 15.0 Å². The van der Waals surface area contributed by atoms with Crippen molar-refractivity contribution >= 4 is 15.8 Å². The third kappa shape index (κ3) is 4.83.